The quantitative estimate of drug-likeness (QED) is 0.461. The average molecular weight is 228 g/mol. The second-order valence-corrected chi connectivity index (χ2v) is 4.52. The predicted octanol–water partition coefficient (Wildman–Crippen LogP) is 1.13. The smallest absolute Gasteiger partial charge is 0.149 e. The van der Waals surface area contributed by atoms with Gasteiger partial charge in [0.25, 0.3) is 0 Å². The summed E-state index contributed by atoms with van der Waals surface area (Å²) in [6.07, 6.45) is 0. The average Bonchev–Trinajstić information content (AvgIpc) is 2.25. The summed E-state index contributed by atoms with van der Waals surface area (Å²) in [5.41, 5.74) is 10.7. The molecule has 0 amide bonds. The lowest BCUT2D eigenvalue weighted by atomic mass is 9.81. The van der Waals surface area contributed by atoms with Crippen LogP contribution in [-0.4, -0.2) is 16.8 Å². The molecule has 0 unspecified atom stereocenters. The van der Waals surface area contributed by atoms with Crippen molar-refractivity contribution in [3.05, 3.63) is 23.5 Å². The Morgan fingerprint density at radius 1 is 1.44 bits per heavy atom. The summed E-state index contributed by atoms with van der Waals surface area (Å²) >= 11 is 0. The van der Waals surface area contributed by atoms with E-state index in [4.69, 9.17) is 11.5 Å². The Balaban J connectivity index is 3.20. The molecule has 1 rings (SSSR count). The van der Waals surface area contributed by atoms with Crippen molar-refractivity contribution in [2.24, 2.45) is 11.1 Å². The molecule has 1 atom stereocenters. The van der Waals surface area contributed by atoms with Crippen LogP contribution in [0.4, 0.5) is 10.1 Å². The van der Waals surface area contributed by atoms with E-state index in [1.54, 1.807) is 13.8 Å². The van der Waals surface area contributed by atoms with Crippen molar-refractivity contribution in [1.82, 2.24) is 0 Å². The van der Waals surface area contributed by atoms with Gasteiger partial charge in [0.1, 0.15) is 17.3 Å². The largest absolute Gasteiger partial charge is 0.505 e. The van der Waals surface area contributed by atoms with Crippen LogP contribution in [0.2, 0.25) is 0 Å². The Morgan fingerprint density at radius 2 is 2.00 bits per heavy atom. The molecule has 5 heteroatoms. The molecule has 0 aromatic heterocycles. The summed E-state index contributed by atoms with van der Waals surface area (Å²) in [5.74, 6) is -1.04. The minimum absolute atomic E-state index is 0.148. The molecule has 0 spiro atoms. The normalized spacial score (nSPS) is 13.8. The SMILES string of the molecule is CC(C)(CO)[C@H](N)c1ccc(F)c(N)c1O. The summed E-state index contributed by atoms with van der Waals surface area (Å²) in [5, 5.41) is 18.9. The molecule has 16 heavy (non-hydrogen) atoms. The first kappa shape index (κ1) is 12.7. The Morgan fingerprint density at radius 3 is 2.50 bits per heavy atom. The lowest BCUT2D eigenvalue weighted by Crippen LogP contribution is -2.32. The van der Waals surface area contributed by atoms with Crippen LogP contribution in [0.5, 0.6) is 5.75 Å². The molecule has 0 saturated carbocycles. The fourth-order valence-electron chi connectivity index (χ4n) is 1.37. The maximum atomic E-state index is 13.0. The highest BCUT2D eigenvalue weighted by Gasteiger charge is 2.29. The lowest BCUT2D eigenvalue weighted by molar-refractivity contribution is 0.131. The van der Waals surface area contributed by atoms with Crippen molar-refractivity contribution >= 4 is 5.69 Å². The van der Waals surface area contributed by atoms with Crippen LogP contribution in [0.25, 0.3) is 0 Å². The maximum Gasteiger partial charge on any atom is 0.149 e. The van der Waals surface area contributed by atoms with Gasteiger partial charge in [-0.15, -0.1) is 0 Å². The number of benzene rings is 1. The van der Waals surface area contributed by atoms with Gasteiger partial charge in [0.15, 0.2) is 0 Å². The standard InChI is InChI=1S/C11H17FN2O2/c1-11(2,5-15)10(14)6-3-4-7(12)8(13)9(6)16/h3-4,10,15-16H,5,13-14H2,1-2H3/t10-/m1/s1. The van der Waals surface area contributed by atoms with Gasteiger partial charge in [-0.25, -0.2) is 4.39 Å². The highest BCUT2D eigenvalue weighted by molar-refractivity contribution is 5.57. The minimum Gasteiger partial charge on any atom is -0.505 e. The summed E-state index contributed by atoms with van der Waals surface area (Å²) < 4.78 is 13.0. The lowest BCUT2D eigenvalue weighted by Gasteiger charge is -2.30. The monoisotopic (exact) mass is 228 g/mol. The van der Waals surface area contributed by atoms with Gasteiger partial charge >= 0.3 is 0 Å². The third kappa shape index (κ3) is 2.10. The van der Waals surface area contributed by atoms with E-state index in [0.29, 0.717) is 5.56 Å². The number of hydrogen-bond acceptors (Lipinski definition) is 4. The van der Waals surface area contributed by atoms with Crippen molar-refractivity contribution < 1.29 is 14.6 Å². The summed E-state index contributed by atoms with van der Waals surface area (Å²) in [7, 11) is 0. The van der Waals surface area contributed by atoms with E-state index in [0.717, 1.165) is 6.07 Å². The Labute approximate surface area is 93.7 Å². The van der Waals surface area contributed by atoms with Gasteiger partial charge in [0, 0.05) is 23.6 Å². The highest BCUT2D eigenvalue weighted by Crippen LogP contribution is 2.38. The second-order valence-electron chi connectivity index (χ2n) is 4.52. The fourth-order valence-corrected chi connectivity index (χ4v) is 1.37. The van der Waals surface area contributed by atoms with E-state index in [-0.39, 0.29) is 18.0 Å². The summed E-state index contributed by atoms with van der Waals surface area (Å²) in [6, 6.07) is 1.90. The Kier molecular flexibility index (Phi) is 3.40. The van der Waals surface area contributed by atoms with E-state index >= 15 is 0 Å². The molecular formula is C11H17FN2O2. The van der Waals surface area contributed by atoms with Gasteiger partial charge in [0.05, 0.1) is 0 Å². The number of nitrogens with two attached hydrogens (primary N) is 2. The van der Waals surface area contributed by atoms with Gasteiger partial charge in [-0.05, 0) is 6.07 Å². The zero-order valence-electron chi connectivity index (χ0n) is 9.37. The van der Waals surface area contributed by atoms with Crippen LogP contribution in [-0.2, 0) is 0 Å². The molecule has 1 aromatic rings. The van der Waals surface area contributed by atoms with E-state index < -0.39 is 17.3 Å². The number of halogens is 1. The number of aromatic hydroxyl groups is 1. The zero-order chi connectivity index (χ0) is 12.5. The summed E-state index contributed by atoms with van der Waals surface area (Å²) in [6.45, 7) is 3.35. The van der Waals surface area contributed by atoms with Crippen molar-refractivity contribution in [3.63, 3.8) is 0 Å². The molecule has 0 fully saturated rings. The van der Waals surface area contributed by atoms with Gasteiger partial charge in [0.2, 0.25) is 0 Å². The predicted molar refractivity (Wildman–Crippen MR) is 60.3 cm³/mol. The van der Waals surface area contributed by atoms with Crippen LogP contribution in [0.1, 0.15) is 25.5 Å². The molecule has 1 aromatic carbocycles. The zero-order valence-corrected chi connectivity index (χ0v) is 9.37. The van der Waals surface area contributed by atoms with Crippen LogP contribution >= 0.6 is 0 Å². The molecule has 0 heterocycles. The van der Waals surface area contributed by atoms with E-state index in [2.05, 4.69) is 0 Å². The van der Waals surface area contributed by atoms with Gasteiger partial charge in [-0.1, -0.05) is 19.9 Å². The first-order valence-corrected chi connectivity index (χ1v) is 4.94. The van der Waals surface area contributed by atoms with Crippen molar-refractivity contribution in [2.75, 3.05) is 12.3 Å². The Bertz CT molecular complexity index is 394. The van der Waals surface area contributed by atoms with Crippen molar-refractivity contribution in [3.8, 4) is 5.75 Å². The second kappa shape index (κ2) is 4.27. The van der Waals surface area contributed by atoms with Gasteiger partial charge in [-0.3, -0.25) is 0 Å². The van der Waals surface area contributed by atoms with Gasteiger partial charge < -0.3 is 21.7 Å². The van der Waals surface area contributed by atoms with Crippen molar-refractivity contribution in [1.29, 1.82) is 0 Å². The number of hydrogen-bond donors (Lipinski definition) is 4. The van der Waals surface area contributed by atoms with Crippen LogP contribution in [0.15, 0.2) is 12.1 Å². The topological polar surface area (TPSA) is 92.5 Å². The molecule has 0 radical (unpaired) electrons. The van der Waals surface area contributed by atoms with Crippen LogP contribution < -0.4 is 11.5 Å². The van der Waals surface area contributed by atoms with Crippen LogP contribution in [0.3, 0.4) is 0 Å². The first-order chi connectivity index (χ1) is 7.31. The van der Waals surface area contributed by atoms with E-state index in [1.165, 1.54) is 6.07 Å². The van der Waals surface area contributed by atoms with Crippen LogP contribution in [0, 0.1) is 11.2 Å². The molecule has 90 valence electrons. The molecule has 0 aliphatic carbocycles. The van der Waals surface area contributed by atoms with E-state index in [1.807, 2.05) is 0 Å². The molecule has 0 aliphatic rings. The molecule has 0 bridgehead atoms. The fraction of sp³-hybridized carbons (Fsp3) is 0.455. The minimum atomic E-state index is -0.685. The highest BCUT2D eigenvalue weighted by atomic mass is 19.1. The number of aliphatic hydroxyl groups excluding tert-OH is 1. The number of nitrogen functional groups attached to an aromatic ring is 1. The molecule has 0 aliphatic heterocycles. The number of rotatable bonds is 3. The first-order valence-electron chi connectivity index (χ1n) is 4.94. The Hall–Kier alpha value is -1.33. The molecular weight excluding hydrogens is 211 g/mol. The number of aliphatic hydroxyl groups is 1. The van der Waals surface area contributed by atoms with Gasteiger partial charge in [-0.2, -0.15) is 0 Å². The maximum absolute atomic E-state index is 13.0. The third-order valence-corrected chi connectivity index (χ3v) is 2.78. The summed E-state index contributed by atoms with van der Waals surface area (Å²) in [4.78, 5) is 0. The third-order valence-electron chi connectivity index (χ3n) is 2.78. The van der Waals surface area contributed by atoms with Crippen molar-refractivity contribution in [2.45, 2.75) is 19.9 Å². The molecule has 4 nitrogen and oxygen atoms in total. The number of anilines is 1. The number of phenols is 1. The molecule has 6 N–H and O–H groups in total. The molecule has 0 saturated heterocycles. The number of phenolic OH excluding ortho intramolecular Hbond substituents is 1. The van der Waals surface area contributed by atoms with E-state index in [9.17, 15) is 14.6 Å².